The molecule has 0 fully saturated rings. The van der Waals surface area contributed by atoms with Crippen molar-refractivity contribution in [1.82, 2.24) is 0 Å². The van der Waals surface area contributed by atoms with Crippen LogP contribution in [0, 0.1) is 11.3 Å². The lowest BCUT2D eigenvalue weighted by molar-refractivity contribution is 0.118. The van der Waals surface area contributed by atoms with Crippen LogP contribution >= 0.6 is 0 Å². The first-order chi connectivity index (χ1) is 7.81. The summed E-state index contributed by atoms with van der Waals surface area (Å²) in [6, 6.07) is 7.37. The molecular formula is C12H16N2O2. The lowest BCUT2D eigenvalue weighted by atomic mass is 10.1. The highest BCUT2D eigenvalue weighted by Gasteiger charge is 2.04. The summed E-state index contributed by atoms with van der Waals surface area (Å²) in [5.41, 5.74) is 6.86. The molecule has 1 aromatic carbocycles. The van der Waals surface area contributed by atoms with Gasteiger partial charge in [-0.1, -0.05) is 0 Å². The number of rotatable bonds is 6. The van der Waals surface area contributed by atoms with E-state index in [1.54, 1.807) is 25.3 Å². The number of nitrogens with zero attached hydrogens (tertiary/aromatic N) is 1. The maximum absolute atomic E-state index is 8.79. The maximum Gasteiger partial charge on any atom is 0.124 e. The van der Waals surface area contributed by atoms with Crippen molar-refractivity contribution in [3.8, 4) is 11.8 Å². The Labute approximate surface area is 95.6 Å². The second-order valence-corrected chi connectivity index (χ2v) is 3.33. The fourth-order valence-corrected chi connectivity index (χ4v) is 1.33. The number of hydrogen-bond acceptors (Lipinski definition) is 4. The number of ether oxygens (including phenoxy) is 2. The van der Waals surface area contributed by atoms with Crippen molar-refractivity contribution >= 4 is 0 Å². The highest BCUT2D eigenvalue weighted by molar-refractivity contribution is 5.41. The van der Waals surface area contributed by atoms with Crippen molar-refractivity contribution in [1.29, 1.82) is 5.26 Å². The zero-order valence-electron chi connectivity index (χ0n) is 9.40. The zero-order chi connectivity index (χ0) is 11.8. The van der Waals surface area contributed by atoms with Gasteiger partial charge < -0.3 is 15.2 Å². The van der Waals surface area contributed by atoms with Gasteiger partial charge in [-0.05, 0) is 31.2 Å². The summed E-state index contributed by atoms with van der Waals surface area (Å²) < 4.78 is 10.6. The summed E-state index contributed by atoms with van der Waals surface area (Å²) >= 11 is 0. The molecular weight excluding hydrogens is 204 g/mol. The van der Waals surface area contributed by atoms with Crippen LogP contribution in [-0.4, -0.2) is 20.3 Å². The molecule has 86 valence electrons. The molecule has 1 aromatic rings. The molecule has 0 unspecified atom stereocenters. The Hall–Kier alpha value is -1.57. The number of benzene rings is 1. The Bertz CT molecular complexity index is 372. The van der Waals surface area contributed by atoms with Crippen molar-refractivity contribution in [3.63, 3.8) is 0 Å². The van der Waals surface area contributed by atoms with E-state index in [2.05, 4.69) is 6.07 Å². The van der Waals surface area contributed by atoms with E-state index in [-0.39, 0.29) is 0 Å². The summed E-state index contributed by atoms with van der Waals surface area (Å²) in [7, 11) is 1.60. The lowest BCUT2D eigenvalue weighted by Gasteiger charge is -2.09. The Balaban J connectivity index is 2.65. The molecule has 1 rings (SSSR count). The molecule has 16 heavy (non-hydrogen) atoms. The summed E-state index contributed by atoms with van der Waals surface area (Å²) in [4.78, 5) is 0. The molecule has 0 saturated carbocycles. The van der Waals surface area contributed by atoms with Gasteiger partial charge in [-0.3, -0.25) is 0 Å². The molecule has 0 heterocycles. The third-order valence-corrected chi connectivity index (χ3v) is 2.16. The molecule has 0 radical (unpaired) electrons. The van der Waals surface area contributed by atoms with Crippen LogP contribution < -0.4 is 10.5 Å². The van der Waals surface area contributed by atoms with Gasteiger partial charge in [-0.15, -0.1) is 0 Å². The fraction of sp³-hybridized carbons (Fsp3) is 0.417. The standard InChI is InChI=1S/C12H16N2O2/c1-15-12-4-3-10(8-14)7-11(12)9-16-6-2-5-13/h3-4,7H,2,5-6,9,13H2,1H3. The first-order valence-electron chi connectivity index (χ1n) is 5.16. The highest BCUT2D eigenvalue weighted by Crippen LogP contribution is 2.20. The SMILES string of the molecule is COc1ccc(C#N)cc1COCCCN. The topological polar surface area (TPSA) is 68.3 Å². The van der Waals surface area contributed by atoms with Gasteiger partial charge in [0.1, 0.15) is 5.75 Å². The zero-order valence-corrected chi connectivity index (χ0v) is 9.40. The van der Waals surface area contributed by atoms with Crippen LogP contribution in [0.1, 0.15) is 17.5 Å². The van der Waals surface area contributed by atoms with E-state index in [9.17, 15) is 0 Å². The van der Waals surface area contributed by atoms with Crippen LogP contribution in [-0.2, 0) is 11.3 Å². The second kappa shape index (κ2) is 6.83. The van der Waals surface area contributed by atoms with Crippen LogP contribution in [0.25, 0.3) is 0 Å². The Morgan fingerprint density at radius 1 is 1.44 bits per heavy atom. The van der Waals surface area contributed by atoms with Crippen molar-refractivity contribution in [2.75, 3.05) is 20.3 Å². The first-order valence-corrected chi connectivity index (χ1v) is 5.16. The third-order valence-electron chi connectivity index (χ3n) is 2.16. The minimum absolute atomic E-state index is 0.443. The van der Waals surface area contributed by atoms with Gasteiger partial charge in [0, 0.05) is 12.2 Å². The van der Waals surface area contributed by atoms with Crippen molar-refractivity contribution in [2.24, 2.45) is 5.73 Å². The van der Waals surface area contributed by atoms with Crippen molar-refractivity contribution in [3.05, 3.63) is 29.3 Å². The second-order valence-electron chi connectivity index (χ2n) is 3.33. The molecule has 0 aliphatic heterocycles. The normalized spacial score (nSPS) is 9.81. The monoisotopic (exact) mass is 220 g/mol. The smallest absolute Gasteiger partial charge is 0.124 e. The average molecular weight is 220 g/mol. The maximum atomic E-state index is 8.79. The van der Waals surface area contributed by atoms with Crippen LogP contribution in [0.2, 0.25) is 0 Å². The molecule has 0 aliphatic carbocycles. The van der Waals surface area contributed by atoms with Gasteiger partial charge in [0.05, 0.1) is 25.3 Å². The fourth-order valence-electron chi connectivity index (χ4n) is 1.33. The summed E-state index contributed by atoms with van der Waals surface area (Å²) in [5, 5.41) is 8.79. The van der Waals surface area contributed by atoms with Gasteiger partial charge in [-0.25, -0.2) is 0 Å². The van der Waals surface area contributed by atoms with Crippen LogP contribution in [0.15, 0.2) is 18.2 Å². The summed E-state index contributed by atoms with van der Waals surface area (Å²) in [6.07, 6.45) is 0.834. The number of hydrogen-bond donors (Lipinski definition) is 1. The molecule has 0 spiro atoms. The minimum atomic E-state index is 0.443. The van der Waals surface area contributed by atoms with Crippen molar-refractivity contribution in [2.45, 2.75) is 13.0 Å². The summed E-state index contributed by atoms with van der Waals surface area (Å²) in [5.74, 6) is 0.742. The van der Waals surface area contributed by atoms with Crippen LogP contribution in [0.5, 0.6) is 5.75 Å². The molecule has 0 amide bonds. The first kappa shape index (κ1) is 12.5. The van der Waals surface area contributed by atoms with E-state index < -0.39 is 0 Å². The van der Waals surface area contributed by atoms with Gasteiger partial charge >= 0.3 is 0 Å². The quantitative estimate of drug-likeness (QED) is 0.736. The highest BCUT2D eigenvalue weighted by atomic mass is 16.5. The Kier molecular flexibility index (Phi) is 5.34. The molecule has 4 heteroatoms. The Morgan fingerprint density at radius 2 is 2.25 bits per heavy atom. The molecule has 0 bridgehead atoms. The Morgan fingerprint density at radius 3 is 2.88 bits per heavy atom. The van der Waals surface area contributed by atoms with E-state index >= 15 is 0 Å². The molecule has 0 atom stereocenters. The largest absolute Gasteiger partial charge is 0.496 e. The van der Waals surface area contributed by atoms with Crippen LogP contribution in [0.4, 0.5) is 0 Å². The molecule has 0 aliphatic rings. The van der Waals surface area contributed by atoms with Gasteiger partial charge in [0.25, 0.3) is 0 Å². The average Bonchev–Trinajstić information content (AvgIpc) is 2.34. The van der Waals surface area contributed by atoms with Crippen LogP contribution in [0.3, 0.4) is 0 Å². The van der Waals surface area contributed by atoms with Gasteiger partial charge in [-0.2, -0.15) is 5.26 Å². The van der Waals surface area contributed by atoms with E-state index in [0.29, 0.717) is 25.3 Å². The lowest BCUT2D eigenvalue weighted by Crippen LogP contribution is -2.05. The predicted molar refractivity (Wildman–Crippen MR) is 61.0 cm³/mol. The van der Waals surface area contributed by atoms with Gasteiger partial charge in [0.2, 0.25) is 0 Å². The molecule has 4 nitrogen and oxygen atoms in total. The number of methoxy groups -OCH3 is 1. The number of nitriles is 1. The van der Waals surface area contributed by atoms with E-state index in [0.717, 1.165) is 17.7 Å². The summed E-state index contributed by atoms with van der Waals surface area (Å²) in [6.45, 7) is 1.69. The van der Waals surface area contributed by atoms with E-state index in [1.165, 1.54) is 0 Å². The third kappa shape index (κ3) is 3.54. The number of nitrogens with two attached hydrogens (primary N) is 1. The minimum Gasteiger partial charge on any atom is -0.496 e. The van der Waals surface area contributed by atoms with E-state index in [1.807, 2.05) is 0 Å². The van der Waals surface area contributed by atoms with E-state index in [4.69, 9.17) is 20.5 Å². The van der Waals surface area contributed by atoms with Gasteiger partial charge in [0.15, 0.2) is 0 Å². The predicted octanol–water partition coefficient (Wildman–Crippen LogP) is 1.43. The molecule has 2 N–H and O–H groups in total. The molecule has 0 saturated heterocycles. The van der Waals surface area contributed by atoms with Crippen molar-refractivity contribution < 1.29 is 9.47 Å². The molecule has 0 aromatic heterocycles.